The van der Waals surface area contributed by atoms with E-state index in [9.17, 15) is 10.4 Å². The van der Waals surface area contributed by atoms with Crippen LogP contribution in [0.1, 0.15) is 6.92 Å². The van der Waals surface area contributed by atoms with Crippen LogP contribution < -0.4 is 9.96 Å². The van der Waals surface area contributed by atoms with Crippen molar-refractivity contribution in [2.75, 3.05) is 6.61 Å². The van der Waals surface area contributed by atoms with Gasteiger partial charge in [0.25, 0.3) is 0 Å². The van der Waals surface area contributed by atoms with Crippen molar-refractivity contribution in [2.45, 2.75) is 6.92 Å². The van der Waals surface area contributed by atoms with E-state index >= 15 is 0 Å². The molecule has 5 nitrogen and oxygen atoms in total. The first-order valence-corrected chi connectivity index (χ1v) is 6.76. The van der Waals surface area contributed by atoms with Crippen molar-refractivity contribution in [3.8, 4) is 16.9 Å². The van der Waals surface area contributed by atoms with Gasteiger partial charge >= 0.3 is 0 Å². The van der Waals surface area contributed by atoms with Gasteiger partial charge in [-0.1, -0.05) is 12.1 Å². The quantitative estimate of drug-likeness (QED) is 0.723. The highest BCUT2D eigenvalue weighted by atomic mass is 16.8. The van der Waals surface area contributed by atoms with E-state index in [1.807, 2.05) is 54.0 Å². The van der Waals surface area contributed by atoms with Gasteiger partial charge in [-0.25, -0.2) is 5.21 Å². The summed E-state index contributed by atoms with van der Waals surface area (Å²) in [6, 6.07) is 13.2. The number of benzene rings is 1. The highest BCUT2D eigenvalue weighted by Gasteiger charge is 2.13. The van der Waals surface area contributed by atoms with Crippen LogP contribution in [0.5, 0.6) is 5.75 Å². The summed E-state index contributed by atoms with van der Waals surface area (Å²) >= 11 is 0. The minimum atomic E-state index is -0.982. The lowest BCUT2D eigenvalue weighted by Crippen LogP contribution is -2.99. The Kier molecular flexibility index (Phi) is 3.62. The molecule has 1 aromatic carbocycles. The van der Waals surface area contributed by atoms with Crippen molar-refractivity contribution in [1.29, 1.82) is 0 Å². The third-order valence-corrected chi connectivity index (χ3v) is 3.35. The second-order valence-corrected chi connectivity index (χ2v) is 4.71. The summed E-state index contributed by atoms with van der Waals surface area (Å²) in [7, 11) is 0. The molecule has 3 rings (SSSR count). The standard InChI is InChI=1S/C16H16N2O3/c1-2-21-16-7-6-12(10-15(16)18(19)20)13-9-14-5-3-4-8-17(14)11-13/h3-11,18-19H,2H2,1H3. The second-order valence-electron chi connectivity index (χ2n) is 4.71. The van der Waals surface area contributed by atoms with Crippen LogP contribution in [0, 0.1) is 5.21 Å². The molecule has 2 aromatic heterocycles. The Balaban J connectivity index is 2.07. The number of nitrogens with zero attached hydrogens (tertiary/aromatic N) is 1. The van der Waals surface area contributed by atoms with Crippen LogP contribution in [-0.2, 0) is 0 Å². The monoisotopic (exact) mass is 284 g/mol. The first-order valence-electron chi connectivity index (χ1n) is 6.76. The van der Waals surface area contributed by atoms with E-state index < -0.39 is 5.23 Å². The van der Waals surface area contributed by atoms with Crippen molar-refractivity contribution >= 4 is 11.2 Å². The van der Waals surface area contributed by atoms with Crippen molar-refractivity contribution in [3.63, 3.8) is 0 Å². The minimum absolute atomic E-state index is 0.185. The van der Waals surface area contributed by atoms with Crippen molar-refractivity contribution < 1.29 is 15.2 Å². The Labute approximate surface area is 122 Å². The zero-order valence-corrected chi connectivity index (χ0v) is 11.6. The Hall–Kier alpha value is -2.34. The van der Waals surface area contributed by atoms with Crippen LogP contribution in [0.2, 0.25) is 0 Å². The van der Waals surface area contributed by atoms with Gasteiger partial charge in [-0.2, -0.15) is 5.23 Å². The molecule has 1 unspecified atom stereocenters. The highest BCUT2D eigenvalue weighted by molar-refractivity contribution is 5.73. The average molecular weight is 284 g/mol. The van der Waals surface area contributed by atoms with E-state index in [0.717, 1.165) is 16.6 Å². The first-order chi connectivity index (χ1) is 10.2. The van der Waals surface area contributed by atoms with Crippen LogP contribution in [0.15, 0.2) is 54.9 Å². The smallest absolute Gasteiger partial charge is 0.206 e. The summed E-state index contributed by atoms with van der Waals surface area (Å²) in [6.45, 7) is 2.27. The van der Waals surface area contributed by atoms with Gasteiger partial charge in [0.15, 0.2) is 5.75 Å². The van der Waals surface area contributed by atoms with Gasteiger partial charge in [-0.15, -0.1) is 0 Å². The number of hydrogen-bond donors (Lipinski definition) is 2. The molecule has 1 atom stereocenters. The molecular formula is C16H16N2O3. The molecular weight excluding hydrogens is 268 g/mol. The molecule has 0 bridgehead atoms. The number of aromatic nitrogens is 1. The minimum Gasteiger partial charge on any atom is -0.595 e. The topological polar surface area (TPSA) is 61.4 Å². The second kappa shape index (κ2) is 5.57. The summed E-state index contributed by atoms with van der Waals surface area (Å²) in [5, 5.41) is 19.7. The molecule has 0 aliphatic heterocycles. The molecule has 0 fully saturated rings. The zero-order valence-electron chi connectivity index (χ0n) is 11.6. The third-order valence-electron chi connectivity index (χ3n) is 3.35. The maximum Gasteiger partial charge on any atom is 0.206 e. The largest absolute Gasteiger partial charge is 0.595 e. The van der Waals surface area contributed by atoms with E-state index in [2.05, 4.69) is 0 Å². The number of fused-ring (bicyclic) bond motifs is 1. The Bertz CT molecular complexity index is 732. The highest BCUT2D eigenvalue weighted by Crippen LogP contribution is 2.29. The number of ether oxygens (including phenoxy) is 1. The third kappa shape index (κ3) is 2.62. The van der Waals surface area contributed by atoms with Crippen molar-refractivity contribution in [2.24, 2.45) is 0 Å². The number of nitrogens with one attached hydrogen (secondary N) is 1. The SMILES string of the molecule is CCOc1ccc(-c2cc3ccccn3c2)cc1[NH+]([O-])O. The van der Waals surface area contributed by atoms with Crippen LogP contribution in [0.25, 0.3) is 16.6 Å². The number of quaternary nitrogens is 1. The summed E-state index contributed by atoms with van der Waals surface area (Å²) in [5.74, 6) is 0.400. The summed E-state index contributed by atoms with van der Waals surface area (Å²) in [5.41, 5.74) is 3.09. The van der Waals surface area contributed by atoms with Crippen LogP contribution >= 0.6 is 0 Å². The zero-order chi connectivity index (χ0) is 14.8. The number of hydrogen-bond acceptors (Lipinski definition) is 3. The van der Waals surface area contributed by atoms with Crippen LogP contribution in [-0.4, -0.2) is 16.2 Å². The fraction of sp³-hybridized carbons (Fsp3) is 0.125. The van der Waals surface area contributed by atoms with Gasteiger partial charge < -0.3 is 14.3 Å². The molecule has 5 heteroatoms. The first kappa shape index (κ1) is 13.6. The van der Waals surface area contributed by atoms with E-state index in [0.29, 0.717) is 12.4 Å². The van der Waals surface area contributed by atoms with Gasteiger partial charge in [0, 0.05) is 29.5 Å². The van der Waals surface area contributed by atoms with Crippen LogP contribution in [0.3, 0.4) is 0 Å². The lowest BCUT2D eigenvalue weighted by atomic mass is 10.1. The Morgan fingerprint density at radius 2 is 2.05 bits per heavy atom. The maximum atomic E-state index is 11.4. The predicted molar refractivity (Wildman–Crippen MR) is 79.8 cm³/mol. The summed E-state index contributed by atoms with van der Waals surface area (Å²) in [6.07, 6.45) is 3.95. The van der Waals surface area contributed by atoms with Gasteiger partial charge in [-0.3, -0.25) is 0 Å². The molecule has 108 valence electrons. The van der Waals surface area contributed by atoms with Gasteiger partial charge in [-0.05, 0) is 36.8 Å². The van der Waals surface area contributed by atoms with Crippen molar-refractivity contribution in [3.05, 3.63) is 60.1 Å². The van der Waals surface area contributed by atoms with E-state index in [-0.39, 0.29) is 5.69 Å². The molecule has 0 amide bonds. The predicted octanol–water partition coefficient (Wildman–Crippen LogP) is 2.41. The van der Waals surface area contributed by atoms with Crippen LogP contribution in [0.4, 0.5) is 5.69 Å². The van der Waals surface area contributed by atoms with Gasteiger partial charge in [0.2, 0.25) is 5.69 Å². The molecule has 2 heterocycles. The lowest BCUT2D eigenvalue weighted by molar-refractivity contribution is -0.991. The van der Waals surface area contributed by atoms with Crippen molar-refractivity contribution in [1.82, 2.24) is 4.40 Å². The molecule has 0 spiro atoms. The van der Waals surface area contributed by atoms with Gasteiger partial charge in [0.1, 0.15) is 0 Å². The number of rotatable bonds is 4. The van der Waals surface area contributed by atoms with E-state index in [1.54, 1.807) is 12.1 Å². The lowest BCUT2D eigenvalue weighted by Gasteiger charge is -2.16. The summed E-state index contributed by atoms with van der Waals surface area (Å²) in [4.78, 5) is 0. The molecule has 2 N–H and O–H groups in total. The molecule has 0 radical (unpaired) electrons. The number of pyridine rings is 1. The van der Waals surface area contributed by atoms with E-state index in [1.165, 1.54) is 0 Å². The Morgan fingerprint density at radius 3 is 2.76 bits per heavy atom. The Morgan fingerprint density at radius 1 is 1.19 bits per heavy atom. The normalized spacial score (nSPS) is 12.5. The average Bonchev–Trinajstić information content (AvgIpc) is 2.91. The molecule has 0 saturated heterocycles. The fourth-order valence-electron chi connectivity index (χ4n) is 2.37. The maximum absolute atomic E-state index is 11.4. The molecule has 0 saturated carbocycles. The molecule has 21 heavy (non-hydrogen) atoms. The molecule has 0 aliphatic rings. The summed E-state index contributed by atoms with van der Waals surface area (Å²) < 4.78 is 7.37. The fourth-order valence-corrected chi connectivity index (χ4v) is 2.37. The van der Waals surface area contributed by atoms with Gasteiger partial charge in [0.05, 0.1) is 6.61 Å². The van der Waals surface area contributed by atoms with E-state index in [4.69, 9.17) is 4.74 Å². The molecule has 3 aromatic rings. The molecule has 0 aliphatic carbocycles.